The number of thioether (sulfide) groups is 1. The van der Waals surface area contributed by atoms with Crippen LogP contribution in [0.3, 0.4) is 0 Å². The molecule has 0 aliphatic rings. The first-order chi connectivity index (χ1) is 4.70. The summed E-state index contributed by atoms with van der Waals surface area (Å²) in [6, 6.07) is 0. The molecule has 0 aromatic carbocycles. The molecule has 0 radical (unpaired) electrons. The minimum atomic E-state index is 0.0242. The molecule has 4 nitrogen and oxygen atoms in total. The molecule has 1 heterocycles. The van der Waals surface area contributed by atoms with Crippen molar-refractivity contribution in [2.45, 2.75) is 12.1 Å². The maximum Gasteiger partial charge on any atom is 0.198 e. The van der Waals surface area contributed by atoms with Crippen molar-refractivity contribution in [2.24, 2.45) is 7.05 Å². The lowest BCUT2D eigenvalue weighted by molar-refractivity contribution is -0.109. The molecule has 0 saturated heterocycles. The van der Waals surface area contributed by atoms with Gasteiger partial charge in [0.25, 0.3) is 0 Å². The Kier molecular flexibility index (Phi) is 2.06. The Labute approximate surface area is 62.6 Å². The van der Waals surface area contributed by atoms with E-state index in [4.69, 9.17) is 0 Å². The predicted octanol–water partition coefficient (Wildman–Crippen LogP) is 0.454. The summed E-state index contributed by atoms with van der Waals surface area (Å²) >= 11 is 1.08. The number of aromatic nitrogens is 3. The van der Waals surface area contributed by atoms with Crippen LogP contribution in [0.15, 0.2) is 11.5 Å². The molecular weight excluding hydrogens is 150 g/mol. The van der Waals surface area contributed by atoms with Gasteiger partial charge in [0, 0.05) is 14.0 Å². The molecule has 10 heavy (non-hydrogen) atoms. The summed E-state index contributed by atoms with van der Waals surface area (Å²) in [7, 11) is 1.80. The first-order valence-electron chi connectivity index (χ1n) is 2.72. The van der Waals surface area contributed by atoms with Gasteiger partial charge in [-0.25, -0.2) is 0 Å². The van der Waals surface area contributed by atoms with Crippen LogP contribution in [0.4, 0.5) is 0 Å². The molecule has 5 heteroatoms. The molecule has 1 aromatic rings. The molecule has 0 spiro atoms. The van der Waals surface area contributed by atoms with E-state index in [1.54, 1.807) is 17.9 Å². The third-order valence-corrected chi connectivity index (χ3v) is 1.74. The number of rotatable bonds is 1. The van der Waals surface area contributed by atoms with E-state index < -0.39 is 0 Å². The van der Waals surface area contributed by atoms with Gasteiger partial charge in [0.15, 0.2) is 10.3 Å². The zero-order valence-electron chi connectivity index (χ0n) is 5.74. The van der Waals surface area contributed by atoms with Crippen LogP contribution in [0.25, 0.3) is 0 Å². The smallest absolute Gasteiger partial charge is 0.198 e. The van der Waals surface area contributed by atoms with Gasteiger partial charge in [0.05, 0.1) is 0 Å². The van der Waals surface area contributed by atoms with Crippen LogP contribution < -0.4 is 0 Å². The molecule has 1 rings (SSSR count). The van der Waals surface area contributed by atoms with E-state index >= 15 is 0 Å². The standard InChI is InChI=1S/C5H7N3OS/c1-4(9)10-5-7-6-3-8(5)2/h3H,1-2H3. The van der Waals surface area contributed by atoms with Crippen molar-refractivity contribution >= 4 is 16.9 Å². The Bertz CT molecular complexity index is 245. The van der Waals surface area contributed by atoms with Crippen molar-refractivity contribution in [3.63, 3.8) is 0 Å². The highest BCUT2D eigenvalue weighted by molar-refractivity contribution is 8.13. The van der Waals surface area contributed by atoms with Crippen LogP contribution in [-0.2, 0) is 11.8 Å². The molecule has 0 unspecified atom stereocenters. The number of carbonyl (C=O) groups excluding carboxylic acids is 1. The predicted molar refractivity (Wildman–Crippen MR) is 37.5 cm³/mol. The van der Waals surface area contributed by atoms with Crippen molar-refractivity contribution < 1.29 is 4.79 Å². The third kappa shape index (κ3) is 1.57. The topological polar surface area (TPSA) is 47.8 Å². The highest BCUT2D eigenvalue weighted by atomic mass is 32.2. The summed E-state index contributed by atoms with van der Waals surface area (Å²) in [6.07, 6.45) is 1.56. The van der Waals surface area contributed by atoms with Crippen LogP contribution in [0.1, 0.15) is 6.92 Å². The minimum Gasteiger partial charge on any atom is -0.311 e. The van der Waals surface area contributed by atoms with Crippen LogP contribution in [-0.4, -0.2) is 19.9 Å². The monoisotopic (exact) mass is 157 g/mol. The summed E-state index contributed by atoms with van der Waals surface area (Å²) < 4.78 is 1.70. The first-order valence-corrected chi connectivity index (χ1v) is 3.54. The lowest BCUT2D eigenvalue weighted by Gasteiger charge is -1.92. The molecule has 0 aliphatic heterocycles. The van der Waals surface area contributed by atoms with Gasteiger partial charge < -0.3 is 4.57 Å². The third-order valence-electron chi connectivity index (χ3n) is 0.905. The molecule has 0 bridgehead atoms. The van der Waals surface area contributed by atoms with E-state index in [-0.39, 0.29) is 5.12 Å². The normalized spacial score (nSPS) is 9.80. The van der Waals surface area contributed by atoms with Crippen LogP contribution in [0.2, 0.25) is 0 Å². The summed E-state index contributed by atoms with van der Waals surface area (Å²) in [6.45, 7) is 1.50. The molecule has 0 aliphatic carbocycles. The van der Waals surface area contributed by atoms with Gasteiger partial charge in [-0.15, -0.1) is 10.2 Å². The Morgan fingerprint density at radius 1 is 1.80 bits per heavy atom. The second-order valence-corrected chi connectivity index (χ2v) is 2.96. The van der Waals surface area contributed by atoms with Crippen molar-refractivity contribution in [2.75, 3.05) is 0 Å². The van der Waals surface area contributed by atoms with Gasteiger partial charge in [-0.2, -0.15) is 0 Å². The van der Waals surface area contributed by atoms with Gasteiger partial charge in [-0.05, 0) is 11.8 Å². The fourth-order valence-corrected chi connectivity index (χ4v) is 1.03. The molecule has 1 aromatic heterocycles. The van der Waals surface area contributed by atoms with E-state index in [0.717, 1.165) is 11.8 Å². The Morgan fingerprint density at radius 2 is 2.50 bits per heavy atom. The minimum absolute atomic E-state index is 0.0242. The lowest BCUT2D eigenvalue weighted by atomic mass is 10.9. The number of carbonyl (C=O) groups is 1. The first kappa shape index (κ1) is 7.27. The zero-order valence-corrected chi connectivity index (χ0v) is 6.55. The average molecular weight is 157 g/mol. The van der Waals surface area contributed by atoms with Gasteiger partial charge >= 0.3 is 0 Å². The summed E-state index contributed by atoms with van der Waals surface area (Å²) in [5.41, 5.74) is 0. The maximum absolute atomic E-state index is 10.5. The summed E-state index contributed by atoms with van der Waals surface area (Å²) in [5, 5.41) is 7.98. The quantitative estimate of drug-likeness (QED) is 0.555. The molecule has 0 atom stereocenters. The zero-order chi connectivity index (χ0) is 7.56. The van der Waals surface area contributed by atoms with Crippen molar-refractivity contribution in [3.8, 4) is 0 Å². The summed E-state index contributed by atoms with van der Waals surface area (Å²) in [4.78, 5) is 10.5. The highest BCUT2D eigenvalue weighted by Crippen LogP contribution is 2.12. The number of nitrogens with zero attached hydrogens (tertiary/aromatic N) is 3. The second-order valence-electron chi connectivity index (χ2n) is 1.82. The van der Waals surface area contributed by atoms with E-state index in [0.29, 0.717) is 5.16 Å². The Hall–Kier alpha value is -0.840. The van der Waals surface area contributed by atoms with E-state index in [1.165, 1.54) is 6.92 Å². The lowest BCUT2D eigenvalue weighted by Crippen LogP contribution is -1.91. The molecule has 0 N–H and O–H groups in total. The fraction of sp³-hybridized carbons (Fsp3) is 0.400. The van der Waals surface area contributed by atoms with Gasteiger partial charge in [-0.3, -0.25) is 4.79 Å². The van der Waals surface area contributed by atoms with E-state index in [1.807, 2.05) is 0 Å². The largest absolute Gasteiger partial charge is 0.311 e. The maximum atomic E-state index is 10.5. The number of aryl methyl sites for hydroxylation is 1. The van der Waals surface area contributed by atoms with Gasteiger partial charge in [-0.1, -0.05) is 0 Å². The van der Waals surface area contributed by atoms with E-state index in [9.17, 15) is 4.79 Å². The molecular formula is C5H7N3OS. The van der Waals surface area contributed by atoms with Crippen LogP contribution >= 0.6 is 11.8 Å². The van der Waals surface area contributed by atoms with Gasteiger partial charge in [0.2, 0.25) is 0 Å². The Morgan fingerprint density at radius 3 is 2.90 bits per heavy atom. The van der Waals surface area contributed by atoms with Crippen LogP contribution in [0.5, 0.6) is 0 Å². The number of hydrogen-bond acceptors (Lipinski definition) is 4. The molecule has 0 amide bonds. The summed E-state index contributed by atoms with van der Waals surface area (Å²) in [5.74, 6) is 0. The molecule has 0 fully saturated rings. The fourth-order valence-electron chi connectivity index (χ4n) is 0.494. The van der Waals surface area contributed by atoms with Crippen molar-refractivity contribution in [1.82, 2.24) is 14.8 Å². The van der Waals surface area contributed by atoms with Gasteiger partial charge in [0.1, 0.15) is 6.33 Å². The molecule has 54 valence electrons. The van der Waals surface area contributed by atoms with Crippen molar-refractivity contribution in [3.05, 3.63) is 6.33 Å². The average Bonchev–Trinajstić information content (AvgIpc) is 2.15. The number of hydrogen-bond donors (Lipinski definition) is 0. The highest BCUT2D eigenvalue weighted by Gasteiger charge is 2.03. The second kappa shape index (κ2) is 2.83. The van der Waals surface area contributed by atoms with E-state index in [2.05, 4.69) is 10.2 Å². The van der Waals surface area contributed by atoms with Crippen molar-refractivity contribution in [1.29, 1.82) is 0 Å². The van der Waals surface area contributed by atoms with Crippen LogP contribution in [0, 0.1) is 0 Å². The SMILES string of the molecule is CC(=O)Sc1nncn1C. The Balaban J connectivity index is 2.74. The molecule has 0 saturated carbocycles.